The van der Waals surface area contributed by atoms with Gasteiger partial charge in [-0.05, 0) is 69.8 Å². The third-order valence-electron chi connectivity index (χ3n) is 6.81. The van der Waals surface area contributed by atoms with Crippen molar-refractivity contribution in [3.05, 3.63) is 34.2 Å². The minimum absolute atomic E-state index is 0.186. The number of piperidine rings is 2. The maximum atomic E-state index is 13.0. The number of likely N-dealkylation sites (tertiary alicyclic amines) is 1. The summed E-state index contributed by atoms with van der Waals surface area (Å²) < 4.78 is 14.5. The van der Waals surface area contributed by atoms with Crippen LogP contribution in [0.1, 0.15) is 84.7 Å². The molecule has 208 valence electrons. The van der Waals surface area contributed by atoms with Crippen LogP contribution in [-0.4, -0.2) is 65.0 Å². The second-order valence-electron chi connectivity index (χ2n) is 8.84. The van der Waals surface area contributed by atoms with Crippen LogP contribution in [0, 0.1) is 0 Å². The number of ether oxygens (including phenoxy) is 2. The number of rotatable bonds is 8. The number of carbonyl (C=O) groups is 2. The van der Waals surface area contributed by atoms with E-state index in [2.05, 4.69) is 22.3 Å². The fourth-order valence-corrected chi connectivity index (χ4v) is 5.05. The van der Waals surface area contributed by atoms with Crippen LogP contribution in [0.5, 0.6) is 0 Å². The highest BCUT2D eigenvalue weighted by atomic mass is 16.7. The summed E-state index contributed by atoms with van der Waals surface area (Å²) in [7, 11) is 1.74. The van der Waals surface area contributed by atoms with Gasteiger partial charge in [-0.15, -0.1) is 0 Å². The van der Waals surface area contributed by atoms with E-state index in [9.17, 15) is 14.4 Å². The fraction of sp³-hybridized carbons (Fsp3) is 0.679. The van der Waals surface area contributed by atoms with Crippen molar-refractivity contribution >= 4 is 22.8 Å². The first-order valence-corrected chi connectivity index (χ1v) is 13.9. The molecule has 0 aliphatic carbocycles. The van der Waals surface area contributed by atoms with Crippen LogP contribution in [0.15, 0.2) is 23.0 Å². The zero-order valence-electron chi connectivity index (χ0n) is 23.7. The van der Waals surface area contributed by atoms with Gasteiger partial charge in [0.15, 0.2) is 6.29 Å². The minimum Gasteiger partial charge on any atom is -0.352 e. The summed E-state index contributed by atoms with van der Waals surface area (Å²) in [6.07, 6.45) is 2.45. The van der Waals surface area contributed by atoms with E-state index in [-0.39, 0.29) is 24.3 Å². The molecule has 3 heterocycles. The third kappa shape index (κ3) is 7.30. The van der Waals surface area contributed by atoms with Crippen LogP contribution in [-0.2, 0) is 26.1 Å². The van der Waals surface area contributed by atoms with Gasteiger partial charge in [-0.2, -0.15) is 0 Å². The molecule has 1 atom stereocenters. The van der Waals surface area contributed by atoms with Crippen LogP contribution in [0.2, 0.25) is 0 Å². The van der Waals surface area contributed by atoms with Gasteiger partial charge in [0, 0.05) is 33.2 Å². The molecule has 0 radical (unpaired) electrons. The predicted octanol–water partition coefficient (Wildman–Crippen LogP) is 3.95. The van der Waals surface area contributed by atoms with Crippen LogP contribution in [0.3, 0.4) is 0 Å². The van der Waals surface area contributed by atoms with Gasteiger partial charge in [0.05, 0.1) is 11.0 Å². The number of nitrogens with one attached hydrogen (secondary N) is 1. The van der Waals surface area contributed by atoms with Gasteiger partial charge in [-0.3, -0.25) is 28.9 Å². The summed E-state index contributed by atoms with van der Waals surface area (Å²) in [5.74, 6) is -0.279. The van der Waals surface area contributed by atoms with E-state index in [1.807, 2.05) is 47.6 Å². The SMILES string of the molecule is CC.CC.CCOC(CN1CCC(c2ccc3c(c2)n(C)c(=O)n3C2CCC(=O)NC2=O)CC1)OCC. The average Bonchev–Trinajstić information content (AvgIpc) is 3.16. The molecule has 2 amide bonds. The Morgan fingerprint density at radius 3 is 2.14 bits per heavy atom. The Bertz CT molecular complexity index is 1060. The third-order valence-corrected chi connectivity index (χ3v) is 6.81. The monoisotopic (exact) mass is 518 g/mol. The number of aryl methyl sites for hydroxylation is 1. The number of hydrogen-bond acceptors (Lipinski definition) is 6. The molecule has 9 heteroatoms. The Labute approximate surface area is 221 Å². The lowest BCUT2D eigenvalue weighted by atomic mass is 9.89. The van der Waals surface area contributed by atoms with E-state index in [0.717, 1.165) is 43.5 Å². The van der Waals surface area contributed by atoms with Gasteiger partial charge in [0.1, 0.15) is 6.04 Å². The van der Waals surface area contributed by atoms with Crippen molar-refractivity contribution in [2.24, 2.45) is 7.05 Å². The number of fused-ring (bicyclic) bond motifs is 1. The Kier molecular flexibility index (Phi) is 12.5. The van der Waals surface area contributed by atoms with Crippen LogP contribution in [0.4, 0.5) is 0 Å². The molecule has 2 fully saturated rings. The zero-order chi connectivity index (χ0) is 27.5. The van der Waals surface area contributed by atoms with Crippen LogP contribution < -0.4 is 11.0 Å². The molecule has 2 saturated heterocycles. The highest BCUT2D eigenvalue weighted by Gasteiger charge is 2.31. The highest BCUT2D eigenvalue weighted by Crippen LogP contribution is 2.31. The van der Waals surface area contributed by atoms with E-state index in [0.29, 0.717) is 25.6 Å². The number of hydrogen-bond donors (Lipinski definition) is 1. The normalized spacial score (nSPS) is 18.8. The summed E-state index contributed by atoms with van der Waals surface area (Å²) in [5.41, 5.74) is 2.53. The number of carbonyl (C=O) groups excluding carboxylic acids is 2. The Balaban J connectivity index is 0.00000115. The number of nitrogens with zero attached hydrogens (tertiary/aromatic N) is 3. The first-order valence-electron chi connectivity index (χ1n) is 13.9. The number of imide groups is 1. The topological polar surface area (TPSA) is 94.8 Å². The van der Waals surface area contributed by atoms with Crippen molar-refractivity contribution in [2.45, 2.75) is 85.5 Å². The number of amides is 2. The quantitative estimate of drug-likeness (QED) is 0.420. The maximum absolute atomic E-state index is 13.0. The molecule has 2 aliphatic heterocycles. The van der Waals surface area contributed by atoms with E-state index < -0.39 is 11.9 Å². The minimum atomic E-state index is -0.656. The smallest absolute Gasteiger partial charge is 0.329 e. The molecule has 9 nitrogen and oxygen atoms in total. The molecule has 1 aromatic carbocycles. The molecule has 0 spiro atoms. The van der Waals surface area contributed by atoms with Crippen LogP contribution >= 0.6 is 0 Å². The average molecular weight is 519 g/mol. The Hall–Kier alpha value is -2.49. The molecule has 0 bridgehead atoms. The lowest BCUT2D eigenvalue weighted by Crippen LogP contribution is -2.44. The van der Waals surface area contributed by atoms with Gasteiger partial charge in [0.2, 0.25) is 11.8 Å². The highest BCUT2D eigenvalue weighted by molar-refractivity contribution is 6.00. The van der Waals surface area contributed by atoms with Crippen molar-refractivity contribution in [1.29, 1.82) is 0 Å². The number of aromatic nitrogens is 2. The predicted molar refractivity (Wildman–Crippen MR) is 147 cm³/mol. The molecule has 1 N–H and O–H groups in total. The van der Waals surface area contributed by atoms with Gasteiger partial charge in [-0.1, -0.05) is 33.8 Å². The lowest BCUT2D eigenvalue weighted by molar-refractivity contribution is -0.148. The molecule has 2 aromatic rings. The van der Waals surface area contributed by atoms with E-state index in [4.69, 9.17) is 9.47 Å². The fourth-order valence-electron chi connectivity index (χ4n) is 5.05. The van der Waals surface area contributed by atoms with Gasteiger partial charge >= 0.3 is 5.69 Å². The molecule has 37 heavy (non-hydrogen) atoms. The standard InChI is InChI=1S/C24H34N4O5.2C2H6/c1-4-32-22(33-5-2)15-27-12-10-16(11-13-27)17-6-7-18-20(14-17)26(3)24(31)28(18)19-8-9-21(29)25-23(19)30;2*1-2/h6-7,14,16,19,22H,4-5,8-13,15H2,1-3H3,(H,25,29,30);2*1-2H3. The first-order chi connectivity index (χ1) is 17.9. The maximum Gasteiger partial charge on any atom is 0.329 e. The van der Waals surface area contributed by atoms with E-state index >= 15 is 0 Å². The summed E-state index contributed by atoms with van der Waals surface area (Å²) in [6, 6.07) is 5.45. The van der Waals surface area contributed by atoms with Gasteiger partial charge in [0.25, 0.3) is 0 Å². The molecular formula is C28H46N4O5. The van der Waals surface area contributed by atoms with E-state index in [1.165, 1.54) is 10.1 Å². The van der Waals surface area contributed by atoms with Gasteiger partial charge in [-0.25, -0.2) is 4.79 Å². The lowest BCUT2D eigenvalue weighted by Gasteiger charge is -2.34. The molecule has 1 aromatic heterocycles. The summed E-state index contributed by atoms with van der Waals surface area (Å²) in [6.45, 7) is 15.9. The summed E-state index contributed by atoms with van der Waals surface area (Å²) in [5, 5.41) is 2.36. The summed E-state index contributed by atoms with van der Waals surface area (Å²) in [4.78, 5) is 39.3. The van der Waals surface area contributed by atoms with Gasteiger partial charge < -0.3 is 9.47 Å². The zero-order valence-corrected chi connectivity index (χ0v) is 23.7. The Morgan fingerprint density at radius 1 is 0.946 bits per heavy atom. The van der Waals surface area contributed by atoms with E-state index in [1.54, 1.807) is 11.6 Å². The second kappa shape index (κ2) is 15.1. The molecule has 0 saturated carbocycles. The van der Waals surface area contributed by atoms with Crippen molar-refractivity contribution in [1.82, 2.24) is 19.4 Å². The molecule has 2 aliphatic rings. The molecule has 4 rings (SSSR count). The first kappa shape index (κ1) is 30.7. The number of benzene rings is 1. The van der Waals surface area contributed by atoms with Crippen LogP contribution in [0.25, 0.3) is 11.0 Å². The van der Waals surface area contributed by atoms with Crippen molar-refractivity contribution in [3.63, 3.8) is 0 Å². The largest absolute Gasteiger partial charge is 0.352 e. The second-order valence-corrected chi connectivity index (χ2v) is 8.84. The Morgan fingerprint density at radius 2 is 1.57 bits per heavy atom. The van der Waals surface area contributed by atoms with Crippen molar-refractivity contribution in [2.75, 3.05) is 32.8 Å². The summed E-state index contributed by atoms with van der Waals surface area (Å²) >= 11 is 0. The van der Waals surface area contributed by atoms with Crippen molar-refractivity contribution < 1.29 is 19.1 Å². The molecule has 1 unspecified atom stereocenters. The molecular weight excluding hydrogens is 472 g/mol. The number of imidazole rings is 1. The van der Waals surface area contributed by atoms with Crippen molar-refractivity contribution in [3.8, 4) is 0 Å².